The smallest absolute Gasteiger partial charge is 0.0948 e. The summed E-state index contributed by atoms with van der Waals surface area (Å²) in [4.78, 5) is 4.42. The third-order valence-corrected chi connectivity index (χ3v) is 5.17. The first-order valence-corrected chi connectivity index (χ1v) is 7.54. The molecule has 1 aliphatic carbocycles. The van der Waals surface area contributed by atoms with Crippen LogP contribution < -0.4 is 5.32 Å². The van der Waals surface area contributed by atoms with E-state index in [-0.39, 0.29) is 0 Å². The van der Waals surface area contributed by atoms with E-state index >= 15 is 0 Å². The summed E-state index contributed by atoms with van der Waals surface area (Å²) in [6.45, 7) is 5.87. The number of aromatic nitrogens is 2. The zero-order valence-electron chi connectivity index (χ0n) is 11.5. The van der Waals surface area contributed by atoms with E-state index < -0.39 is 0 Å². The summed E-state index contributed by atoms with van der Waals surface area (Å²) in [6.07, 6.45) is 12.3. The van der Waals surface area contributed by atoms with E-state index in [4.69, 9.17) is 0 Å². The van der Waals surface area contributed by atoms with Crippen LogP contribution in [0.1, 0.15) is 57.1 Å². The Labute approximate surface area is 110 Å². The molecule has 1 aliphatic heterocycles. The Bertz CT molecular complexity index is 381. The van der Waals surface area contributed by atoms with Crippen LogP contribution >= 0.6 is 0 Å². The number of nitrogens with zero attached hydrogens (tertiary/aromatic N) is 2. The van der Waals surface area contributed by atoms with Gasteiger partial charge in [-0.15, -0.1) is 0 Å². The van der Waals surface area contributed by atoms with E-state index in [0.29, 0.717) is 5.41 Å². The number of rotatable bonds is 4. The summed E-state index contributed by atoms with van der Waals surface area (Å²) in [5.41, 5.74) is 2.07. The highest BCUT2D eigenvalue weighted by Gasteiger charge is 2.36. The Balaban J connectivity index is 1.74. The molecule has 0 atom stereocenters. The summed E-state index contributed by atoms with van der Waals surface area (Å²) < 4.78 is 2.46. The predicted octanol–water partition coefficient (Wildman–Crippen LogP) is 2.93. The molecule has 3 rings (SSSR count). The van der Waals surface area contributed by atoms with E-state index in [1.807, 2.05) is 0 Å². The Hall–Kier alpha value is -0.830. The monoisotopic (exact) mass is 247 g/mol. The summed E-state index contributed by atoms with van der Waals surface area (Å²) in [6, 6.07) is 0. The van der Waals surface area contributed by atoms with Gasteiger partial charge in [-0.05, 0) is 50.6 Å². The molecule has 0 aromatic carbocycles. The van der Waals surface area contributed by atoms with Crippen LogP contribution in [0.25, 0.3) is 0 Å². The van der Waals surface area contributed by atoms with Crippen LogP contribution in [0.5, 0.6) is 0 Å². The minimum absolute atomic E-state index is 0.586. The van der Waals surface area contributed by atoms with Crippen LogP contribution in [-0.4, -0.2) is 22.6 Å². The van der Waals surface area contributed by atoms with Crippen molar-refractivity contribution in [3.8, 4) is 0 Å². The Morgan fingerprint density at radius 2 is 2.17 bits per heavy atom. The number of hydrogen-bond acceptors (Lipinski definition) is 2. The minimum atomic E-state index is 0.586. The van der Waals surface area contributed by atoms with Crippen molar-refractivity contribution in [2.24, 2.45) is 5.41 Å². The van der Waals surface area contributed by atoms with Crippen molar-refractivity contribution in [1.29, 1.82) is 0 Å². The molecule has 3 heteroatoms. The fourth-order valence-corrected chi connectivity index (χ4v) is 3.58. The lowest BCUT2D eigenvalue weighted by Crippen LogP contribution is -2.34. The van der Waals surface area contributed by atoms with E-state index in [2.05, 4.69) is 34.3 Å². The fourth-order valence-electron chi connectivity index (χ4n) is 3.58. The molecule has 0 spiro atoms. The molecule has 2 aliphatic rings. The van der Waals surface area contributed by atoms with Gasteiger partial charge >= 0.3 is 0 Å². The molecular formula is C15H25N3. The molecule has 1 saturated heterocycles. The van der Waals surface area contributed by atoms with E-state index in [1.54, 1.807) is 0 Å². The van der Waals surface area contributed by atoms with Crippen LogP contribution in [0.3, 0.4) is 0 Å². The second-order valence-corrected chi connectivity index (χ2v) is 6.18. The quantitative estimate of drug-likeness (QED) is 0.886. The van der Waals surface area contributed by atoms with Crippen molar-refractivity contribution in [1.82, 2.24) is 14.9 Å². The highest BCUT2D eigenvalue weighted by molar-refractivity contribution is 5.09. The van der Waals surface area contributed by atoms with Crippen molar-refractivity contribution in [2.75, 3.05) is 13.1 Å². The lowest BCUT2D eigenvalue weighted by molar-refractivity contribution is 0.0984. The van der Waals surface area contributed by atoms with Gasteiger partial charge in [-0.1, -0.05) is 13.3 Å². The van der Waals surface area contributed by atoms with Gasteiger partial charge in [0.05, 0.1) is 6.33 Å². The summed E-state index contributed by atoms with van der Waals surface area (Å²) in [5.74, 6) is 0.725. The fraction of sp³-hybridized carbons (Fsp3) is 0.800. The Morgan fingerprint density at radius 3 is 2.78 bits per heavy atom. The van der Waals surface area contributed by atoms with E-state index in [1.165, 1.54) is 50.8 Å². The lowest BCUT2D eigenvalue weighted by atomic mass is 9.67. The molecule has 3 nitrogen and oxygen atoms in total. The van der Waals surface area contributed by atoms with Crippen LogP contribution in [0, 0.1) is 5.41 Å². The topological polar surface area (TPSA) is 29.9 Å². The average molecular weight is 247 g/mol. The van der Waals surface area contributed by atoms with Gasteiger partial charge in [0.25, 0.3) is 0 Å². The van der Waals surface area contributed by atoms with Gasteiger partial charge in [0.1, 0.15) is 0 Å². The SMILES string of the molecule is CCC1(Cn2cncc2C2CCNCC2)CCC1. The standard InChI is InChI=1S/C15H25N3/c1-2-15(6-3-7-15)11-18-12-17-10-14(18)13-4-8-16-9-5-13/h10,12-13,16H,2-9,11H2,1H3. The number of piperidine rings is 1. The zero-order valence-corrected chi connectivity index (χ0v) is 11.5. The summed E-state index contributed by atoms with van der Waals surface area (Å²) >= 11 is 0. The Kier molecular flexibility index (Phi) is 3.42. The second kappa shape index (κ2) is 5.04. The maximum Gasteiger partial charge on any atom is 0.0948 e. The normalized spacial score (nSPS) is 23.8. The molecule has 0 unspecified atom stereocenters. The summed E-state index contributed by atoms with van der Waals surface area (Å²) in [7, 11) is 0. The lowest BCUT2D eigenvalue weighted by Gasteiger charge is -2.42. The molecule has 18 heavy (non-hydrogen) atoms. The second-order valence-electron chi connectivity index (χ2n) is 6.18. The van der Waals surface area contributed by atoms with Crippen molar-refractivity contribution in [3.63, 3.8) is 0 Å². The first-order chi connectivity index (χ1) is 8.83. The third-order valence-electron chi connectivity index (χ3n) is 5.17. The largest absolute Gasteiger partial charge is 0.334 e. The van der Waals surface area contributed by atoms with Gasteiger partial charge in [-0.2, -0.15) is 0 Å². The maximum atomic E-state index is 4.42. The predicted molar refractivity (Wildman–Crippen MR) is 73.6 cm³/mol. The molecule has 0 bridgehead atoms. The minimum Gasteiger partial charge on any atom is -0.334 e. The van der Waals surface area contributed by atoms with E-state index in [9.17, 15) is 0 Å². The van der Waals surface area contributed by atoms with Crippen LogP contribution in [0.2, 0.25) is 0 Å². The average Bonchev–Trinajstić information content (AvgIpc) is 2.83. The van der Waals surface area contributed by atoms with Crippen molar-refractivity contribution in [3.05, 3.63) is 18.2 Å². The number of hydrogen-bond donors (Lipinski definition) is 1. The van der Waals surface area contributed by atoms with Gasteiger partial charge in [0, 0.05) is 24.4 Å². The first-order valence-electron chi connectivity index (χ1n) is 7.54. The molecule has 1 aromatic rings. The molecule has 0 radical (unpaired) electrons. The van der Waals surface area contributed by atoms with Crippen LogP contribution in [0.15, 0.2) is 12.5 Å². The molecule has 1 saturated carbocycles. The maximum absolute atomic E-state index is 4.42. The highest BCUT2D eigenvalue weighted by atomic mass is 15.1. The van der Waals surface area contributed by atoms with Gasteiger partial charge in [0.2, 0.25) is 0 Å². The molecule has 0 amide bonds. The molecule has 2 fully saturated rings. The Morgan fingerprint density at radius 1 is 1.39 bits per heavy atom. The van der Waals surface area contributed by atoms with Gasteiger partial charge in [-0.25, -0.2) is 4.98 Å². The zero-order chi connectivity index (χ0) is 12.4. The third kappa shape index (κ3) is 2.20. The molecule has 1 aromatic heterocycles. The van der Waals surface area contributed by atoms with Crippen molar-refractivity contribution >= 4 is 0 Å². The van der Waals surface area contributed by atoms with Gasteiger partial charge < -0.3 is 9.88 Å². The van der Waals surface area contributed by atoms with Crippen molar-refractivity contribution < 1.29 is 0 Å². The number of nitrogens with one attached hydrogen (secondary N) is 1. The van der Waals surface area contributed by atoms with Crippen LogP contribution in [0.4, 0.5) is 0 Å². The molecule has 100 valence electrons. The molecule has 1 N–H and O–H groups in total. The summed E-state index contributed by atoms with van der Waals surface area (Å²) in [5, 5.41) is 3.45. The molecule has 2 heterocycles. The number of imidazole rings is 1. The van der Waals surface area contributed by atoms with Crippen LogP contribution in [-0.2, 0) is 6.54 Å². The van der Waals surface area contributed by atoms with Gasteiger partial charge in [0.15, 0.2) is 0 Å². The van der Waals surface area contributed by atoms with Gasteiger partial charge in [-0.3, -0.25) is 0 Å². The molecular weight excluding hydrogens is 222 g/mol. The van der Waals surface area contributed by atoms with E-state index in [0.717, 1.165) is 19.0 Å². The highest BCUT2D eigenvalue weighted by Crippen LogP contribution is 2.45. The van der Waals surface area contributed by atoms with Crippen molar-refractivity contribution in [2.45, 2.75) is 57.9 Å². The first kappa shape index (κ1) is 12.2.